The lowest BCUT2D eigenvalue weighted by molar-refractivity contribution is 0.206. The summed E-state index contributed by atoms with van der Waals surface area (Å²) in [4.78, 5) is 13.4. The minimum absolute atomic E-state index is 0.121. The summed E-state index contributed by atoms with van der Waals surface area (Å²) in [5, 5.41) is 2.80. The summed E-state index contributed by atoms with van der Waals surface area (Å²) in [5.41, 5.74) is 0.524. The van der Waals surface area contributed by atoms with Gasteiger partial charge in [0.15, 0.2) is 0 Å². The molecule has 0 aromatic heterocycles. The van der Waals surface area contributed by atoms with Crippen molar-refractivity contribution < 1.29 is 9.18 Å². The van der Waals surface area contributed by atoms with Gasteiger partial charge in [0.2, 0.25) is 0 Å². The number of halogens is 2. The molecular formula is C12H14BrFN2O. The summed E-state index contributed by atoms with van der Waals surface area (Å²) < 4.78 is 14.5. The number of carbonyl (C=O) groups is 1. The highest BCUT2D eigenvalue weighted by Gasteiger charge is 2.32. The molecule has 0 saturated carbocycles. The predicted octanol–water partition coefficient (Wildman–Crippen LogP) is 3.06. The fourth-order valence-corrected chi connectivity index (χ4v) is 2.34. The van der Waals surface area contributed by atoms with Gasteiger partial charge in [-0.25, -0.2) is 9.18 Å². The van der Waals surface area contributed by atoms with Gasteiger partial charge in [-0.05, 0) is 32.0 Å². The molecule has 1 N–H and O–H groups in total. The highest BCUT2D eigenvalue weighted by Crippen LogP contribution is 2.26. The van der Waals surface area contributed by atoms with Crippen molar-refractivity contribution in [1.82, 2.24) is 10.2 Å². The van der Waals surface area contributed by atoms with E-state index in [0.717, 1.165) is 4.47 Å². The van der Waals surface area contributed by atoms with Gasteiger partial charge in [0.25, 0.3) is 0 Å². The summed E-state index contributed by atoms with van der Waals surface area (Å²) in [5.74, 6) is -0.288. The van der Waals surface area contributed by atoms with Crippen molar-refractivity contribution in [3.05, 3.63) is 34.1 Å². The Kier molecular flexibility index (Phi) is 3.38. The van der Waals surface area contributed by atoms with Crippen LogP contribution in [0.2, 0.25) is 0 Å². The van der Waals surface area contributed by atoms with E-state index in [1.807, 2.05) is 13.8 Å². The fraction of sp³-hybridized carbons (Fsp3) is 0.417. The Morgan fingerprint density at radius 3 is 2.82 bits per heavy atom. The van der Waals surface area contributed by atoms with Crippen molar-refractivity contribution in [3.63, 3.8) is 0 Å². The van der Waals surface area contributed by atoms with E-state index in [1.54, 1.807) is 17.0 Å². The minimum Gasteiger partial charge on any atom is -0.329 e. The second kappa shape index (κ2) is 4.64. The van der Waals surface area contributed by atoms with E-state index in [4.69, 9.17) is 0 Å². The smallest absolute Gasteiger partial charge is 0.318 e. The second-order valence-corrected chi connectivity index (χ2v) is 5.33. The van der Waals surface area contributed by atoms with Crippen LogP contribution in [0, 0.1) is 5.82 Å². The van der Waals surface area contributed by atoms with E-state index < -0.39 is 0 Å². The Morgan fingerprint density at radius 2 is 2.24 bits per heavy atom. The molecule has 1 heterocycles. The van der Waals surface area contributed by atoms with E-state index in [2.05, 4.69) is 21.2 Å². The zero-order valence-electron chi connectivity index (χ0n) is 9.71. The van der Waals surface area contributed by atoms with Crippen LogP contribution >= 0.6 is 15.9 Å². The van der Waals surface area contributed by atoms with Gasteiger partial charge in [0, 0.05) is 22.6 Å². The van der Waals surface area contributed by atoms with Gasteiger partial charge < -0.3 is 10.2 Å². The summed E-state index contributed by atoms with van der Waals surface area (Å²) in [6, 6.07) is 4.48. The summed E-state index contributed by atoms with van der Waals surface area (Å²) in [7, 11) is 0. The minimum atomic E-state index is -0.288. The Balaban J connectivity index is 2.25. The highest BCUT2D eigenvalue weighted by atomic mass is 79.9. The molecule has 1 aliphatic rings. The molecule has 0 aliphatic carbocycles. The van der Waals surface area contributed by atoms with Crippen LogP contribution in [-0.2, 0) is 0 Å². The molecule has 1 aromatic rings. The van der Waals surface area contributed by atoms with Crippen molar-refractivity contribution in [2.24, 2.45) is 0 Å². The van der Waals surface area contributed by atoms with Gasteiger partial charge in [-0.15, -0.1) is 0 Å². The van der Waals surface area contributed by atoms with Crippen molar-refractivity contribution in [1.29, 1.82) is 0 Å². The summed E-state index contributed by atoms with van der Waals surface area (Å²) in [6.45, 7) is 4.39. The van der Waals surface area contributed by atoms with Gasteiger partial charge in [-0.1, -0.05) is 15.9 Å². The lowest BCUT2D eigenvalue weighted by Gasteiger charge is -2.19. The van der Waals surface area contributed by atoms with Crippen LogP contribution in [0.25, 0.3) is 0 Å². The average molecular weight is 301 g/mol. The molecule has 2 amide bonds. The lowest BCUT2D eigenvalue weighted by atomic mass is 10.1. The van der Waals surface area contributed by atoms with E-state index in [1.165, 1.54) is 6.07 Å². The maximum absolute atomic E-state index is 13.7. The largest absolute Gasteiger partial charge is 0.329 e. The molecule has 5 heteroatoms. The molecule has 3 nitrogen and oxygen atoms in total. The Morgan fingerprint density at radius 1 is 1.53 bits per heavy atom. The highest BCUT2D eigenvalue weighted by molar-refractivity contribution is 9.10. The second-order valence-electron chi connectivity index (χ2n) is 4.41. The Labute approximate surface area is 108 Å². The van der Waals surface area contributed by atoms with Gasteiger partial charge in [-0.3, -0.25) is 0 Å². The maximum atomic E-state index is 13.7. The average Bonchev–Trinajstić information content (AvgIpc) is 2.64. The first kappa shape index (κ1) is 12.4. The first-order valence-electron chi connectivity index (χ1n) is 5.51. The van der Waals surface area contributed by atoms with Crippen LogP contribution < -0.4 is 5.32 Å². The molecule has 0 radical (unpaired) electrons. The standard InChI is InChI=1S/C12H14BrFN2O/c1-7(2)16-6-11(15-12(16)17)9-5-8(13)3-4-10(9)14/h3-5,7,11H,6H2,1-2H3,(H,15,17). The summed E-state index contributed by atoms with van der Waals surface area (Å²) >= 11 is 3.31. The van der Waals surface area contributed by atoms with E-state index in [9.17, 15) is 9.18 Å². The first-order valence-corrected chi connectivity index (χ1v) is 6.30. The third kappa shape index (κ3) is 2.44. The zero-order valence-corrected chi connectivity index (χ0v) is 11.3. The molecule has 1 atom stereocenters. The quantitative estimate of drug-likeness (QED) is 0.894. The van der Waals surface area contributed by atoms with Crippen LogP contribution in [0.3, 0.4) is 0 Å². The van der Waals surface area contributed by atoms with Crippen LogP contribution in [0.4, 0.5) is 9.18 Å². The lowest BCUT2D eigenvalue weighted by Crippen LogP contribution is -2.33. The van der Waals surface area contributed by atoms with Crippen molar-refractivity contribution in [3.8, 4) is 0 Å². The number of amides is 2. The first-order chi connectivity index (χ1) is 7.99. The van der Waals surface area contributed by atoms with E-state index in [-0.39, 0.29) is 23.9 Å². The van der Waals surface area contributed by atoms with E-state index >= 15 is 0 Å². The molecular weight excluding hydrogens is 287 g/mol. The molecule has 17 heavy (non-hydrogen) atoms. The number of urea groups is 1. The Bertz CT molecular complexity index is 450. The number of nitrogens with zero attached hydrogens (tertiary/aromatic N) is 1. The number of hydrogen-bond donors (Lipinski definition) is 1. The van der Waals surface area contributed by atoms with Gasteiger partial charge in [-0.2, -0.15) is 0 Å². The SMILES string of the molecule is CC(C)N1CC(c2cc(Br)ccc2F)NC1=O. The predicted molar refractivity (Wildman–Crippen MR) is 67.2 cm³/mol. The third-order valence-electron chi connectivity index (χ3n) is 2.89. The van der Waals surface area contributed by atoms with Crippen LogP contribution in [0.15, 0.2) is 22.7 Å². The fourth-order valence-electron chi connectivity index (χ4n) is 1.96. The summed E-state index contributed by atoms with van der Waals surface area (Å²) in [6.07, 6.45) is 0. The number of hydrogen-bond acceptors (Lipinski definition) is 1. The van der Waals surface area contributed by atoms with E-state index in [0.29, 0.717) is 12.1 Å². The molecule has 1 fully saturated rings. The number of rotatable bonds is 2. The molecule has 0 spiro atoms. The number of benzene rings is 1. The Hall–Kier alpha value is -1.10. The molecule has 1 unspecified atom stereocenters. The molecule has 1 aromatic carbocycles. The van der Waals surface area contributed by atoms with Crippen molar-refractivity contribution in [2.45, 2.75) is 25.9 Å². The molecule has 2 rings (SSSR count). The monoisotopic (exact) mass is 300 g/mol. The van der Waals surface area contributed by atoms with Crippen LogP contribution in [0.5, 0.6) is 0 Å². The third-order valence-corrected chi connectivity index (χ3v) is 3.39. The van der Waals surface area contributed by atoms with Crippen LogP contribution in [0.1, 0.15) is 25.5 Å². The van der Waals surface area contributed by atoms with Crippen LogP contribution in [-0.4, -0.2) is 23.5 Å². The van der Waals surface area contributed by atoms with Gasteiger partial charge in [0.05, 0.1) is 6.04 Å². The molecule has 1 aliphatic heterocycles. The molecule has 1 saturated heterocycles. The number of nitrogens with one attached hydrogen (secondary N) is 1. The molecule has 92 valence electrons. The number of carbonyl (C=O) groups excluding carboxylic acids is 1. The molecule has 0 bridgehead atoms. The van der Waals surface area contributed by atoms with Crippen molar-refractivity contribution >= 4 is 22.0 Å². The maximum Gasteiger partial charge on any atom is 0.318 e. The van der Waals surface area contributed by atoms with Gasteiger partial charge in [0.1, 0.15) is 5.82 Å². The van der Waals surface area contributed by atoms with Gasteiger partial charge >= 0.3 is 6.03 Å². The topological polar surface area (TPSA) is 32.3 Å². The zero-order chi connectivity index (χ0) is 12.6. The van der Waals surface area contributed by atoms with Crippen molar-refractivity contribution in [2.75, 3.05) is 6.54 Å². The normalized spacial score (nSPS) is 19.9.